The van der Waals surface area contributed by atoms with E-state index < -0.39 is 0 Å². The second-order valence-corrected chi connectivity index (χ2v) is 4.43. The molecule has 0 bridgehead atoms. The van der Waals surface area contributed by atoms with Crippen LogP contribution in [0.4, 0.5) is 0 Å². The van der Waals surface area contributed by atoms with Crippen LogP contribution in [-0.2, 0) is 0 Å². The van der Waals surface area contributed by atoms with Crippen molar-refractivity contribution in [2.75, 3.05) is 12.3 Å². The molecule has 2 rings (SSSR count). The van der Waals surface area contributed by atoms with Crippen LogP contribution in [0.2, 0.25) is 0 Å². The molecule has 1 aromatic rings. The molecule has 0 unspecified atom stereocenters. The van der Waals surface area contributed by atoms with Crippen molar-refractivity contribution >= 4 is 22.9 Å². The van der Waals surface area contributed by atoms with E-state index in [-0.39, 0.29) is 0 Å². The average Bonchev–Trinajstić information content (AvgIpc) is 2.70. The van der Waals surface area contributed by atoms with E-state index in [1.54, 1.807) is 0 Å². The molecule has 2 heteroatoms. The van der Waals surface area contributed by atoms with Crippen LogP contribution in [0.3, 0.4) is 0 Å². The van der Waals surface area contributed by atoms with E-state index >= 15 is 0 Å². The normalized spacial score (nSPS) is 16.2. The Morgan fingerprint density at radius 2 is 2.00 bits per heavy atom. The minimum Gasteiger partial charge on any atom is -0.278 e. The van der Waals surface area contributed by atoms with Crippen LogP contribution >= 0.6 is 11.8 Å². The van der Waals surface area contributed by atoms with Gasteiger partial charge in [0.25, 0.3) is 0 Å². The molecule has 0 N–H and O–H groups in total. The van der Waals surface area contributed by atoms with Gasteiger partial charge < -0.3 is 0 Å². The molecule has 0 fully saturated rings. The van der Waals surface area contributed by atoms with Crippen LogP contribution in [0, 0.1) is 6.92 Å². The third-order valence-electron chi connectivity index (χ3n) is 2.10. The van der Waals surface area contributed by atoms with Crippen LogP contribution in [0.25, 0.3) is 6.08 Å². The predicted octanol–water partition coefficient (Wildman–Crippen LogP) is 3.15. The lowest BCUT2D eigenvalue weighted by atomic mass is 10.1. The minimum absolute atomic E-state index is 0.970. The first-order chi connectivity index (χ1) is 6.84. The fourth-order valence-corrected chi connectivity index (χ4v) is 2.04. The van der Waals surface area contributed by atoms with Gasteiger partial charge in [-0.2, -0.15) is 0 Å². The fraction of sp³-hybridized carbons (Fsp3) is 0.250. The molecular formula is C12H13NS. The molecule has 0 saturated carbocycles. The Morgan fingerprint density at radius 3 is 2.64 bits per heavy atom. The van der Waals surface area contributed by atoms with E-state index in [4.69, 9.17) is 0 Å². The number of aliphatic imine (C=N–C) groups is 1. The number of rotatable bonds is 2. The van der Waals surface area contributed by atoms with Gasteiger partial charge in [-0.25, -0.2) is 0 Å². The summed E-state index contributed by atoms with van der Waals surface area (Å²) in [5, 5.41) is 1.16. The van der Waals surface area contributed by atoms with Gasteiger partial charge in [-0.05, 0) is 18.6 Å². The van der Waals surface area contributed by atoms with Crippen molar-refractivity contribution in [2.45, 2.75) is 6.92 Å². The van der Waals surface area contributed by atoms with E-state index in [0.717, 1.165) is 17.3 Å². The first-order valence-corrected chi connectivity index (χ1v) is 5.75. The maximum Gasteiger partial charge on any atom is 0.0905 e. The monoisotopic (exact) mass is 203 g/mol. The van der Waals surface area contributed by atoms with Gasteiger partial charge in [0.1, 0.15) is 0 Å². The summed E-state index contributed by atoms with van der Waals surface area (Å²) < 4.78 is 0. The van der Waals surface area contributed by atoms with Gasteiger partial charge in [-0.1, -0.05) is 35.9 Å². The number of nitrogens with zero attached hydrogens (tertiary/aromatic N) is 1. The molecule has 0 aromatic heterocycles. The summed E-state index contributed by atoms with van der Waals surface area (Å²) in [7, 11) is 0. The van der Waals surface area contributed by atoms with Crippen molar-refractivity contribution in [1.82, 2.24) is 0 Å². The number of aryl methyl sites for hydroxylation is 1. The van der Waals surface area contributed by atoms with Crippen LogP contribution in [0.15, 0.2) is 35.3 Å². The molecule has 0 aliphatic carbocycles. The van der Waals surface area contributed by atoms with Gasteiger partial charge in [0.05, 0.1) is 5.04 Å². The average molecular weight is 203 g/mol. The van der Waals surface area contributed by atoms with E-state index in [9.17, 15) is 0 Å². The number of hydrogen-bond donors (Lipinski definition) is 0. The summed E-state index contributed by atoms with van der Waals surface area (Å²) >= 11 is 1.83. The lowest BCUT2D eigenvalue weighted by Crippen LogP contribution is -1.79. The summed E-state index contributed by atoms with van der Waals surface area (Å²) in [6, 6.07) is 8.52. The Bertz CT molecular complexity index is 362. The molecule has 0 radical (unpaired) electrons. The zero-order chi connectivity index (χ0) is 9.80. The lowest BCUT2D eigenvalue weighted by Gasteiger charge is -1.94. The molecule has 0 amide bonds. The molecule has 1 nitrogen and oxygen atoms in total. The molecule has 1 aliphatic heterocycles. The molecule has 14 heavy (non-hydrogen) atoms. The van der Waals surface area contributed by atoms with E-state index in [1.807, 2.05) is 11.8 Å². The van der Waals surface area contributed by atoms with Crippen molar-refractivity contribution in [2.24, 2.45) is 4.99 Å². The number of thioether (sulfide) groups is 1. The van der Waals surface area contributed by atoms with Crippen molar-refractivity contribution in [1.29, 1.82) is 0 Å². The van der Waals surface area contributed by atoms with Gasteiger partial charge >= 0.3 is 0 Å². The van der Waals surface area contributed by atoms with Gasteiger partial charge in [0.15, 0.2) is 0 Å². The second kappa shape index (κ2) is 4.47. The third-order valence-corrected chi connectivity index (χ3v) is 3.05. The topological polar surface area (TPSA) is 12.4 Å². The predicted molar refractivity (Wildman–Crippen MR) is 65.0 cm³/mol. The van der Waals surface area contributed by atoms with Crippen LogP contribution < -0.4 is 0 Å². The Balaban J connectivity index is 2.06. The Morgan fingerprint density at radius 1 is 1.21 bits per heavy atom. The molecule has 0 saturated heterocycles. The summed E-state index contributed by atoms with van der Waals surface area (Å²) in [5.41, 5.74) is 2.54. The van der Waals surface area contributed by atoms with Crippen molar-refractivity contribution < 1.29 is 0 Å². The molecule has 1 aromatic carbocycles. The molecule has 72 valence electrons. The summed E-state index contributed by atoms with van der Waals surface area (Å²) in [4.78, 5) is 4.36. The Labute approximate surface area is 88.9 Å². The van der Waals surface area contributed by atoms with Crippen LogP contribution in [0.1, 0.15) is 11.1 Å². The molecular weight excluding hydrogens is 190 g/mol. The highest BCUT2D eigenvalue weighted by Gasteiger charge is 2.01. The van der Waals surface area contributed by atoms with Gasteiger partial charge in [0.2, 0.25) is 0 Å². The van der Waals surface area contributed by atoms with Crippen molar-refractivity contribution in [3.63, 3.8) is 0 Å². The largest absolute Gasteiger partial charge is 0.278 e. The quantitative estimate of drug-likeness (QED) is 0.719. The van der Waals surface area contributed by atoms with E-state index in [0.29, 0.717) is 0 Å². The lowest BCUT2D eigenvalue weighted by molar-refractivity contribution is 1.18. The zero-order valence-electron chi connectivity index (χ0n) is 8.23. The Kier molecular flexibility index (Phi) is 3.04. The SMILES string of the molecule is Cc1ccc(/C=C/C2=NCCS2)cc1. The summed E-state index contributed by atoms with van der Waals surface area (Å²) in [5.74, 6) is 1.13. The van der Waals surface area contributed by atoms with Gasteiger partial charge in [-0.15, -0.1) is 11.8 Å². The third kappa shape index (κ3) is 2.48. The van der Waals surface area contributed by atoms with Crippen molar-refractivity contribution in [3.05, 3.63) is 41.5 Å². The first-order valence-electron chi connectivity index (χ1n) is 4.76. The number of hydrogen-bond acceptors (Lipinski definition) is 2. The molecule has 1 aliphatic rings. The highest BCUT2D eigenvalue weighted by molar-refractivity contribution is 8.14. The molecule has 1 heterocycles. The van der Waals surface area contributed by atoms with Gasteiger partial charge in [-0.3, -0.25) is 4.99 Å². The van der Waals surface area contributed by atoms with Gasteiger partial charge in [0, 0.05) is 12.3 Å². The first kappa shape index (κ1) is 9.53. The smallest absolute Gasteiger partial charge is 0.0905 e. The van der Waals surface area contributed by atoms with Crippen molar-refractivity contribution in [3.8, 4) is 0 Å². The van der Waals surface area contributed by atoms with Crippen LogP contribution in [-0.4, -0.2) is 17.3 Å². The number of benzene rings is 1. The molecule has 0 spiro atoms. The second-order valence-electron chi connectivity index (χ2n) is 3.31. The highest BCUT2D eigenvalue weighted by Crippen LogP contribution is 2.14. The maximum absolute atomic E-state index is 4.36. The summed E-state index contributed by atoms with van der Waals surface area (Å²) in [6.07, 6.45) is 4.22. The fourth-order valence-electron chi connectivity index (χ4n) is 1.30. The van der Waals surface area contributed by atoms with E-state index in [2.05, 4.69) is 48.3 Å². The summed E-state index contributed by atoms with van der Waals surface area (Å²) in [6.45, 7) is 3.07. The van der Waals surface area contributed by atoms with Crippen LogP contribution in [0.5, 0.6) is 0 Å². The Hall–Kier alpha value is -1.02. The molecule has 0 atom stereocenters. The maximum atomic E-state index is 4.36. The minimum atomic E-state index is 0.970. The van der Waals surface area contributed by atoms with E-state index in [1.165, 1.54) is 11.1 Å². The zero-order valence-corrected chi connectivity index (χ0v) is 9.05. The standard InChI is InChI=1S/C12H13NS/c1-10-2-4-11(5-3-10)6-7-12-13-8-9-14-12/h2-7H,8-9H2,1H3/b7-6+. The highest BCUT2D eigenvalue weighted by atomic mass is 32.2.